The molecule has 0 aliphatic rings. The number of benzene rings is 3. The summed E-state index contributed by atoms with van der Waals surface area (Å²) in [6.07, 6.45) is 0.868. The molecule has 0 unspecified atom stereocenters. The van der Waals surface area contributed by atoms with Gasteiger partial charge in [0.15, 0.2) is 8.80 Å². The van der Waals surface area contributed by atoms with Gasteiger partial charge in [-0.2, -0.15) is 0 Å². The lowest BCUT2D eigenvalue weighted by Gasteiger charge is -2.19. The first-order valence-corrected chi connectivity index (χ1v) is 9.02. The van der Waals surface area contributed by atoms with Crippen LogP contribution in [0.15, 0.2) is 91.5 Å². The summed E-state index contributed by atoms with van der Waals surface area (Å²) >= 11 is 0. The zero-order chi connectivity index (χ0) is 16.1. The fourth-order valence-corrected chi connectivity index (χ4v) is 5.17. The summed E-state index contributed by atoms with van der Waals surface area (Å²) in [6.45, 7) is 4.39. The average molecular weight is 313 g/mol. The second kappa shape index (κ2) is 7.03. The largest absolute Gasteiger partial charge is 0.298 e. The van der Waals surface area contributed by atoms with E-state index >= 15 is 0 Å². The minimum Gasteiger partial charge on any atom is -0.298 e. The van der Waals surface area contributed by atoms with Gasteiger partial charge < -0.3 is 0 Å². The highest BCUT2D eigenvalue weighted by molar-refractivity contribution is 6.99. The average Bonchev–Trinajstić information content (AvgIpc) is 2.64. The predicted molar refractivity (Wildman–Crippen MR) is 98.8 cm³/mol. The van der Waals surface area contributed by atoms with Gasteiger partial charge in [-0.15, -0.1) is 0 Å². The third kappa shape index (κ3) is 3.38. The van der Waals surface area contributed by atoms with Crippen molar-refractivity contribution in [2.75, 3.05) is 0 Å². The SMILES string of the molecule is C=C(c1ccc(C=O)cc1)[Si](c1ccccc1)c1ccccc1. The van der Waals surface area contributed by atoms with Crippen LogP contribution in [0, 0.1) is 0 Å². The molecule has 0 bridgehead atoms. The Labute approximate surface area is 138 Å². The molecule has 0 amide bonds. The Kier molecular flexibility index (Phi) is 4.64. The van der Waals surface area contributed by atoms with E-state index in [2.05, 4.69) is 55.1 Å². The van der Waals surface area contributed by atoms with Gasteiger partial charge in [-0.05, 0) is 5.56 Å². The number of carbonyl (C=O) groups is 1. The molecule has 23 heavy (non-hydrogen) atoms. The molecular weight excluding hydrogens is 296 g/mol. The fraction of sp³-hybridized carbons (Fsp3) is 0. The summed E-state index contributed by atoms with van der Waals surface area (Å²) in [4.78, 5) is 10.8. The highest BCUT2D eigenvalue weighted by Gasteiger charge is 2.21. The lowest BCUT2D eigenvalue weighted by atomic mass is 10.1. The van der Waals surface area contributed by atoms with E-state index in [1.165, 1.54) is 10.4 Å². The Bertz CT molecular complexity index is 753. The molecule has 3 aromatic rings. The maximum Gasteiger partial charge on any atom is 0.154 e. The number of hydrogen-bond donors (Lipinski definition) is 0. The van der Waals surface area contributed by atoms with Gasteiger partial charge in [-0.1, -0.05) is 107 Å². The van der Waals surface area contributed by atoms with Gasteiger partial charge in [0.05, 0.1) is 0 Å². The van der Waals surface area contributed by atoms with E-state index in [-0.39, 0.29) is 0 Å². The monoisotopic (exact) mass is 313 g/mol. The van der Waals surface area contributed by atoms with Gasteiger partial charge in [-0.25, -0.2) is 0 Å². The zero-order valence-corrected chi connectivity index (χ0v) is 13.8. The predicted octanol–water partition coefficient (Wildman–Crippen LogP) is 3.36. The molecule has 0 atom stereocenters. The Morgan fingerprint density at radius 3 is 1.65 bits per heavy atom. The molecule has 111 valence electrons. The van der Waals surface area contributed by atoms with Crippen LogP contribution in [0.1, 0.15) is 15.9 Å². The molecule has 0 heterocycles. The Morgan fingerprint density at radius 2 is 1.22 bits per heavy atom. The lowest BCUT2D eigenvalue weighted by Crippen LogP contribution is -2.43. The lowest BCUT2D eigenvalue weighted by molar-refractivity contribution is 0.112. The van der Waals surface area contributed by atoms with Crippen molar-refractivity contribution in [3.63, 3.8) is 0 Å². The van der Waals surface area contributed by atoms with E-state index in [0.29, 0.717) is 5.56 Å². The Hall–Kier alpha value is -2.71. The number of rotatable bonds is 5. The van der Waals surface area contributed by atoms with Crippen molar-refractivity contribution in [2.45, 2.75) is 0 Å². The number of carbonyl (C=O) groups excluding carboxylic acids is 1. The van der Waals surface area contributed by atoms with Gasteiger partial charge in [-0.3, -0.25) is 4.79 Å². The minimum atomic E-state index is -1.13. The van der Waals surface area contributed by atoms with E-state index in [1.807, 2.05) is 36.4 Å². The molecule has 1 radical (unpaired) electrons. The van der Waals surface area contributed by atoms with E-state index < -0.39 is 8.80 Å². The van der Waals surface area contributed by atoms with Crippen LogP contribution < -0.4 is 10.4 Å². The molecule has 0 saturated carbocycles. The summed E-state index contributed by atoms with van der Waals surface area (Å²) in [6, 6.07) is 28.7. The van der Waals surface area contributed by atoms with Crippen molar-refractivity contribution in [1.82, 2.24) is 0 Å². The maximum absolute atomic E-state index is 10.8. The Balaban J connectivity index is 2.04. The summed E-state index contributed by atoms with van der Waals surface area (Å²) in [7, 11) is -1.13. The number of aldehydes is 1. The van der Waals surface area contributed by atoms with Crippen LogP contribution in [0.2, 0.25) is 0 Å². The minimum absolute atomic E-state index is 0.690. The second-order valence-corrected chi connectivity index (χ2v) is 7.83. The highest BCUT2D eigenvalue weighted by Crippen LogP contribution is 2.16. The maximum atomic E-state index is 10.8. The molecule has 0 aliphatic carbocycles. The van der Waals surface area contributed by atoms with Crippen molar-refractivity contribution in [3.8, 4) is 0 Å². The van der Waals surface area contributed by atoms with Crippen LogP contribution in [0.3, 0.4) is 0 Å². The second-order valence-electron chi connectivity index (χ2n) is 5.33. The molecule has 0 aliphatic heterocycles. The van der Waals surface area contributed by atoms with Crippen LogP contribution in [0.4, 0.5) is 0 Å². The zero-order valence-electron chi connectivity index (χ0n) is 12.8. The molecular formula is C21H17OSi. The molecule has 2 heteroatoms. The summed E-state index contributed by atoms with van der Waals surface area (Å²) in [5.74, 6) is 0. The number of hydrogen-bond acceptors (Lipinski definition) is 1. The van der Waals surface area contributed by atoms with Crippen molar-refractivity contribution in [3.05, 3.63) is 103 Å². The van der Waals surface area contributed by atoms with Crippen LogP contribution in [-0.4, -0.2) is 15.1 Å². The van der Waals surface area contributed by atoms with Gasteiger partial charge in [0, 0.05) is 5.56 Å². The molecule has 1 nitrogen and oxygen atoms in total. The first kappa shape index (κ1) is 15.2. The molecule has 0 fully saturated rings. The van der Waals surface area contributed by atoms with Crippen LogP contribution >= 0.6 is 0 Å². The van der Waals surface area contributed by atoms with Gasteiger partial charge in [0.2, 0.25) is 0 Å². The van der Waals surface area contributed by atoms with E-state index in [4.69, 9.17) is 0 Å². The normalized spacial score (nSPS) is 10.5. The molecule has 0 N–H and O–H groups in total. The molecule has 0 saturated heterocycles. The van der Waals surface area contributed by atoms with Gasteiger partial charge in [0.25, 0.3) is 0 Å². The molecule has 0 spiro atoms. The van der Waals surface area contributed by atoms with Gasteiger partial charge >= 0.3 is 0 Å². The standard InChI is InChI=1S/C21H17OSi/c1-17(19-14-12-18(16-22)13-15-19)23(20-8-4-2-5-9-20)21-10-6-3-7-11-21/h2-16H,1H2. The molecule has 0 aromatic heterocycles. The van der Waals surface area contributed by atoms with Crippen LogP contribution in [0.25, 0.3) is 5.20 Å². The first-order valence-electron chi connectivity index (χ1n) is 7.52. The third-order valence-corrected chi connectivity index (χ3v) is 6.54. The van der Waals surface area contributed by atoms with Crippen molar-refractivity contribution in [1.29, 1.82) is 0 Å². The highest BCUT2D eigenvalue weighted by atomic mass is 28.3. The topological polar surface area (TPSA) is 17.1 Å². The van der Waals surface area contributed by atoms with Gasteiger partial charge in [0.1, 0.15) is 6.29 Å². The van der Waals surface area contributed by atoms with Crippen molar-refractivity contribution in [2.24, 2.45) is 0 Å². The smallest absolute Gasteiger partial charge is 0.154 e. The van der Waals surface area contributed by atoms with E-state index in [9.17, 15) is 4.79 Å². The van der Waals surface area contributed by atoms with Crippen LogP contribution in [0.5, 0.6) is 0 Å². The summed E-state index contributed by atoms with van der Waals surface area (Å²) in [5, 5.41) is 3.76. The van der Waals surface area contributed by atoms with E-state index in [0.717, 1.165) is 17.0 Å². The van der Waals surface area contributed by atoms with Crippen molar-refractivity contribution >= 4 is 30.7 Å². The van der Waals surface area contributed by atoms with Crippen LogP contribution in [-0.2, 0) is 0 Å². The quantitative estimate of drug-likeness (QED) is 0.521. The molecule has 3 rings (SSSR count). The first-order chi connectivity index (χ1) is 11.3. The summed E-state index contributed by atoms with van der Waals surface area (Å²) in [5.41, 5.74) is 1.78. The Morgan fingerprint density at radius 1 is 0.739 bits per heavy atom. The molecule has 3 aromatic carbocycles. The van der Waals surface area contributed by atoms with E-state index in [1.54, 1.807) is 0 Å². The summed E-state index contributed by atoms with van der Waals surface area (Å²) < 4.78 is 0. The van der Waals surface area contributed by atoms with Crippen molar-refractivity contribution < 1.29 is 4.79 Å². The fourth-order valence-electron chi connectivity index (χ4n) is 2.63. The third-order valence-electron chi connectivity index (χ3n) is 3.82.